The summed E-state index contributed by atoms with van der Waals surface area (Å²) in [5, 5.41) is 2.90. The lowest BCUT2D eigenvalue weighted by Gasteiger charge is -2.22. The number of carbonyl (C=O) groups excluding carboxylic acids is 1. The minimum Gasteiger partial charge on any atom is -0.372 e. The van der Waals surface area contributed by atoms with Gasteiger partial charge in [0.15, 0.2) is 0 Å². The van der Waals surface area contributed by atoms with E-state index in [1.54, 1.807) is 12.4 Å². The van der Waals surface area contributed by atoms with Crippen LogP contribution in [0.2, 0.25) is 0 Å². The van der Waals surface area contributed by atoms with Crippen LogP contribution in [0.25, 0.3) is 0 Å². The van der Waals surface area contributed by atoms with E-state index in [-0.39, 0.29) is 5.91 Å². The lowest BCUT2D eigenvalue weighted by Crippen LogP contribution is -2.26. The van der Waals surface area contributed by atoms with Gasteiger partial charge in [0.2, 0.25) is 0 Å². The largest absolute Gasteiger partial charge is 0.372 e. The van der Waals surface area contributed by atoms with E-state index in [2.05, 4.69) is 51.1 Å². The fourth-order valence-electron chi connectivity index (χ4n) is 3.41. The van der Waals surface area contributed by atoms with Crippen LogP contribution in [0.15, 0.2) is 36.7 Å². The van der Waals surface area contributed by atoms with E-state index < -0.39 is 0 Å². The molecule has 0 spiro atoms. The van der Waals surface area contributed by atoms with E-state index in [4.69, 9.17) is 0 Å². The first-order valence-corrected chi connectivity index (χ1v) is 9.94. The zero-order valence-corrected chi connectivity index (χ0v) is 16.3. The number of hydrogen-bond acceptors (Lipinski definition) is 5. The van der Waals surface area contributed by atoms with Crippen LogP contribution in [0.5, 0.6) is 0 Å². The summed E-state index contributed by atoms with van der Waals surface area (Å²) in [6.45, 7) is 8.40. The highest BCUT2D eigenvalue weighted by Gasteiger charge is 2.14. The molecule has 0 aliphatic carbocycles. The summed E-state index contributed by atoms with van der Waals surface area (Å²) in [5.74, 6) is 0.589. The van der Waals surface area contributed by atoms with E-state index >= 15 is 0 Å². The van der Waals surface area contributed by atoms with Gasteiger partial charge in [-0.2, -0.15) is 0 Å². The maximum atomic E-state index is 12.5. The molecule has 2 aromatic rings. The van der Waals surface area contributed by atoms with E-state index in [0.717, 1.165) is 50.5 Å². The summed E-state index contributed by atoms with van der Waals surface area (Å²) in [4.78, 5) is 25.8. The van der Waals surface area contributed by atoms with E-state index in [9.17, 15) is 4.79 Å². The Hall–Kier alpha value is -2.63. The highest BCUT2D eigenvalue weighted by Crippen LogP contribution is 2.22. The van der Waals surface area contributed by atoms with Crippen molar-refractivity contribution in [3.05, 3.63) is 42.4 Å². The second-order valence-electron chi connectivity index (χ2n) is 6.94. The number of nitrogens with one attached hydrogen (secondary N) is 1. The average molecular weight is 367 g/mol. The second-order valence-corrected chi connectivity index (χ2v) is 6.94. The lowest BCUT2D eigenvalue weighted by atomic mass is 10.2. The monoisotopic (exact) mass is 367 g/mol. The van der Waals surface area contributed by atoms with Gasteiger partial charge in [-0.1, -0.05) is 13.8 Å². The Labute approximate surface area is 161 Å². The van der Waals surface area contributed by atoms with Gasteiger partial charge in [0.05, 0.1) is 12.4 Å². The molecule has 1 aromatic heterocycles. The van der Waals surface area contributed by atoms with Crippen LogP contribution >= 0.6 is 0 Å². The first kappa shape index (κ1) is 19.1. The molecule has 1 N–H and O–H groups in total. The van der Waals surface area contributed by atoms with Crippen molar-refractivity contribution in [1.29, 1.82) is 0 Å². The molecule has 1 aliphatic rings. The first-order valence-electron chi connectivity index (χ1n) is 9.94. The molecular formula is C21H29N5O. The Balaban J connectivity index is 1.62. The smallest absolute Gasteiger partial charge is 0.275 e. The first-order chi connectivity index (χ1) is 13.2. The molecule has 6 nitrogen and oxygen atoms in total. The molecule has 144 valence electrons. The Morgan fingerprint density at radius 3 is 2.26 bits per heavy atom. The van der Waals surface area contributed by atoms with Crippen molar-refractivity contribution >= 4 is 23.1 Å². The predicted octanol–water partition coefficient (Wildman–Crippen LogP) is 3.96. The third-order valence-electron chi connectivity index (χ3n) is 4.78. The van der Waals surface area contributed by atoms with Crippen molar-refractivity contribution in [2.75, 3.05) is 41.3 Å². The normalized spacial score (nSPS) is 13.6. The SMILES string of the molecule is CCCN(CCC)c1cnc(C(=O)Nc2ccc(N3CCCC3)cc2)cn1. The zero-order valence-electron chi connectivity index (χ0n) is 16.3. The molecule has 0 bridgehead atoms. The molecular weight excluding hydrogens is 338 g/mol. The van der Waals surface area contributed by atoms with Gasteiger partial charge in [0.1, 0.15) is 11.5 Å². The summed E-state index contributed by atoms with van der Waals surface area (Å²) in [5.41, 5.74) is 2.31. The molecule has 0 saturated carbocycles. The van der Waals surface area contributed by atoms with Gasteiger partial charge in [-0.3, -0.25) is 4.79 Å². The quantitative estimate of drug-likeness (QED) is 0.765. The minimum atomic E-state index is -0.236. The topological polar surface area (TPSA) is 61.4 Å². The second kappa shape index (κ2) is 9.35. The molecule has 2 heterocycles. The van der Waals surface area contributed by atoms with Crippen molar-refractivity contribution in [2.24, 2.45) is 0 Å². The number of anilines is 3. The number of aromatic nitrogens is 2. The average Bonchev–Trinajstić information content (AvgIpc) is 3.23. The summed E-state index contributed by atoms with van der Waals surface area (Å²) in [6.07, 6.45) is 7.86. The maximum absolute atomic E-state index is 12.5. The van der Waals surface area contributed by atoms with Gasteiger partial charge in [0, 0.05) is 37.6 Å². The fraction of sp³-hybridized carbons (Fsp3) is 0.476. The number of rotatable bonds is 8. The van der Waals surface area contributed by atoms with Gasteiger partial charge in [-0.25, -0.2) is 9.97 Å². The maximum Gasteiger partial charge on any atom is 0.275 e. The number of amides is 1. The highest BCUT2D eigenvalue weighted by atomic mass is 16.1. The van der Waals surface area contributed by atoms with Crippen molar-refractivity contribution < 1.29 is 4.79 Å². The molecule has 1 aromatic carbocycles. The summed E-state index contributed by atoms with van der Waals surface area (Å²) in [7, 11) is 0. The summed E-state index contributed by atoms with van der Waals surface area (Å²) in [6, 6.07) is 8.00. The molecule has 6 heteroatoms. The molecule has 1 amide bonds. The Kier molecular flexibility index (Phi) is 6.63. The van der Waals surface area contributed by atoms with Crippen molar-refractivity contribution in [3.63, 3.8) is 0 Å². The van der Waals surface area contributed by atoms with E-state index in [1.165, 1.54) is 18.5 Å². The summed E-state index contributed by atoms with van der Waals surface area (Å²) >= 11 is 0. The summed E-state index contributed by atoms with van der Waals surface area (Å²) < 4.78 is 0. The molecule has 1 aliphatic heterocycles. The zero-order chi connectivity index (χ0) is 19.1. The number of carbonyl (C=O) groups is 1. The Morgan fingerprint density at radius 1 is 1.04 bits per heavy atom. The van der Waals surface area contributed by atoms with Gasteiger partial charge in [0.25, 0.3) is 5.91 Å². The standard InChI is InChI=1S/C21H29N5O/c1-3-11-26(12-4-2)20-16-22-19(15-23-20)21(27)24-17-7-9-18(10-8-17)25-13-5-6-14-25/h7-10,15-16H,3-6,11-14H2,1-2H3,(H,24,27). The Morgan fingerprint density at radius 2 is 1.70 bits per heavy atom. The van der Waals surface area contributed by atoms with E-state index in [0.29, 0.717) is 5.69 Å². The molecule has 1 fully saturated rings. The van der Waals surface area contributed by atoms with E-state index in [1.807, 2.05) is 12.1 Å². The third-order valence-corrected chi connectivity index (χ3v) is 4.78. The highest BCUT2D eigenvalue weighted by molar-refractivity contribution is 6.02. The van der Waals surface area contributed by atoms with Gasteiger partial charge >= 0.3 is 0 Å². The van der Waals surface area contributed by atoms with Gasteiger partial charge in [-0.15, -0.1) is 0 Å². The fourth-order valence-corrected chi connectivity index (χ4v) is 3.41. The lowest BCUT2D eigenvalue weighted by molar-refractivity contribution is 0.102. The van der Waals surface area contributed by atoms with Crippen molar-refractivity contribution in [2.45, 2.75) is 39.5 Å². The molecule has 0 radical (unpaired) electrons. The number of benzene rings is 1. The predicted molar refractivity (Wildman–Crippen MR) is 111 cm³/mol. The molecule has 27 heavy (non-hydrogen) atoms. The minimum absolute atomic E-state index is 0.236. The van der Waals surface area contributed by atoms with Crippen LogP contribution in [0.3, 0.4) is 0 Å². The van der Waals surface area contributed by atoms with Crippen molar-refractivity contribution in [1.82, 2.24) is 9.97 Å². The van der Waals surface area contributed by atoms with Crippen LogP contribution in [-0.2, 0) is 0 Å². The van der Waals surface area contributed by atoms with Crippen LogP contribution in [-0.4, -0.2) is 42.1 Å². The van der Waals surface area contributed by atoms with Crippen molar-refractivity contribution in [3.8, 4) is 0 Å². The van der Waals surface area contributed by atoms with Crippen LogP contribution in [0.4, 0.5) is 17.2 Å². The number of nitrogens with zero attached hydrogens (tertiary/aromatic N) is 4. The molecule has 0 unspecified atom stereocenters. The third kappa shape index (κ3) is 4.96. The molecule has 3 rings (SSSR count). The van der Waals surface area contributed by atoms with Crippen LogP contribution < -0.4 is 15.1 Å². The molecule has 0 atom stereocenters. The Bertz CT molecular complexity index is 717. The molecule has 1 saturated heterocycles. The van der Waals surface area contributed by atoms with Crippen LogP contribution in [0, 0.1) is 0 Å². The van der Waals surface area contributed by atoms with Gasteiger partial charge < -0.3 is 15.1 Å². The van der Waals surface area contributed by atoms with Crippen LogP contribution in [0.1, 0.15) is 50.0 Å². The number of hydrogen-bond donors (Lipinski definition) is 1. The van der Waals surface area contributed by atoms with Gasteiger partial charge in [-0.05, 0) is 49.9 Å².